The van der Waals surface area contributed by atoms with E-state index in [4.69, 9.17) is 0 Å². The summed E-state index contributed by atoms with van der Waals surface area (Å²) >= 11 is 3.10. The van der Waals surface area contributed by atoms with E-state index in [0.717, 1.165) is 28.5 Å². The lowest BCUT2D eigenvalue weighted by atomic mass is 9.96. The molecule has 1 aliphatic heterocycles. The predicted molar refractivity (Wildman–Crippen MR) is 82.3 cm³/mol. The van der Waals surface area contributed by atoms with Gasteiger partial charge in [-0.3, -0.25) is 9.79 Å². The second-order valence-corrected chi connectivity index (χ2v) is 6.66. The molecular weight excluding hydrogens is 276 g/mol. The summed E-state index contributed by atoms with van der Waals surface area (Å²) in [5.74, 6) is -0.0224. The van der Waals surface area contributed by atoms with Gasteiger partial charge in [-0.15, -0.1) is 0 Å². The van der Waals surface area contributed by atoms with Crippen LogP contribution in [0, 0.1) is 0 Å². The van der Waals surface area contributed by atoms with Crippen LogP contribution in [0.1, 0.15) is 37.7 Å². The average Bonchev–Trinajstić information content (AvgIpc) is 3.02. The summed E-state index contributed by atoms with van der Waals surface area (Å²) in [6.07, 6.45) is 8.09. The molecule has 0 atom stereocenters. The van der Waals surface area contributed by atoms with Crippen LogP contribution in [-0.2, 0) is 4.79 Å². The summed E-state index contributed by atoms with van der Waals surface area (Å²) in [6, 6.07) is 2.42. The SMILES string of the molecule is O=C1NC(=NC2CCCCC2)S/C1=C\c1ccsc1. The summed E-state index contributed by atoms with van der Waals surface area (Å²) in [5, 5.41) is 7.70. The topological polar surface area (TPSA) is 41.5 Å². The van der Waals surface area contributed by atoms with Gasteiger partial charge in [0.15, 0.2) is 5.17 Å². The minimum atomic E-state index is -0.0224. The van der Waals surface area contributed by atoms with E-state index in [-0.39, 0.29) is 5.91 Å². The van der Waals surface area contributed by atoms with Gasteiger partial charge >= 0.3 is 0 Å². The Labute approximate surface area is 121 Å². The fraction of sp³-hybridized carbons (Fsp3) is 0.429. The van der Waals surface area contributed by atoms with Crippen LogP contribution in [0.15, 0.2) is 26.7 Å². The number of aliphatic imine (C=N–C) groups is 1. The van der Waals surface area contributed by atoms with Crippen molar-refractivity contribution in [3.05, 3.63) is 27.3 Å². The molecule has 1 aliphatic carbocycles. The molecule has 2 aliphatic rings. The molecular formula is C14H16N2OS2. The maximum Gasteiger partial charge on any atom is 0.264 e. The van der Waals surface area contributed by atoms with Gasteiger partial charge in [-0.25, -0.2) is 0 Å². The van der Waals surface area contributed by atoms with Crippen LogP contribution in [0.5, 0.6) is 0 Å². The number of amidine groups is 1. The van der Waals surface area contributed by atoms with E-state index in [1.165, 1.54) is 31.0 Å². The van der Waals surface area contributed by atoms with Crippen LogP contribution < -0.4 is 5.32 Å². The number of hydrogen-bond acceptors (Lipinski definition) is 4. The third-order valence-corrected chi connectivity index (χ3v) is 4.99. The highest BCUT2D eigenvalue weighted by Crippen LogP contribution is 2.28. The summed E-state index contributed by atoms with van der Waals surface area (Å²) in [4.78, 5) is 17.3. The zero-order valence-electron chi connectivity index (χ0n) is 10.6. The lowest BCUT2D eigenvalue weighted by Crippen LogP contribution is -2.22. The van der Waals surface area contributed by atoms with Crippen molar-refractivity contribution < 1.29 is 4.79 Å². The van der Waals surface area contributed by atoms with Crippen LogP contribution in [0.3, 0.4) is 0 Å². The van der Waals surface area contributed by atoms with Gasteiger partial charge in [-0.05, 0) is 53.1 Å². The van der Waals surface area contributed by atoms with Crippen molar-refractivity contribution in [2.24, 2.45) is 4.99 Å². The zero-order chi connectivity index (χ0) is 13.1. The average molecular weight is 292 g/mol. The van der Waals surface area contributed by atoms with Gasteiger partial charge in [-0.2, -0.15) is 11.3 Å². The van der Waals surface area contributed by atoms with E-state index < -0.39 is 0 Å². The molecule has 2 heterocycles. The molecule has 1 aromatic heterocycles. The van der Waals surface area contributed by atoms with Crippen molar-refractivity contribution in [3.8, 4) is 0 Å². The number of amides is 1. The molecule has 100 valence electrons. The maximum atomic E-state index is 11.9. The third-order valence-electron chi connectivity index (χ3n) is 3.37. The van der Waals surface area contributed by atoms with Gasteiger partial charge in [0.05, 0.1) is 10.9 Å². The predicted octanol–water partition coefficient (Wildman–Crippen LogP) is 3.64. The second-order valence-electron chi connectivity index (χ2n) is 4.85. The summed E-state index contributed by atoms with van der Waals surface area (Å²) in [5.41, 5.74) is 1.08. The highest BCUT2D eigenvalue weighted by Gasteiger charge is 2.25. The Balaban J connectivity index is 1.70. The fourth-order valence-electron chi connectivity index (χ4n) is 2.37. The van der Waals surface area contributed by atoms with Crippen LogP contribution in [0.4, 0.5) is 0 Å². The number of nitrogens with one attached hydrogen (secondary N) is 1. The molecule has 2 fully saturated rings. The van der Waals surface area contributed by atoms with E-state index in [1.807, 2.05) is 22.9 Å². The van der Waals surface area contributed by atoms with Gasteiger partial charge in [0.25, 0.3) is 5.91 Å². The number of thioether (sulfide) groups is 1. The molecule has 0 spiro atoms. The second kappa shape index (κ2) is 5.92. The number of rotatable bonds is 2. The van der Waals surface area contributed by atoms with E-state index in [1.54, 1.807) is 11.3 Å². The Kier molecular flexibility index (Phi) is 4.03. The van der Waals surface area contributed by atoms with E-state index in [0.29, 0.717) is 6.04 Å². The Hall–Kier alpha value is -1.07. The number of hydrogen-bond donors (Lipinski definition) is 1. The van der Waals surface area contributed by atoms with E-state index >= 15 is 0 Å². The van der Waals surface area contributed by atoms with Crippen molar-refractivity contribution in [2.45, 2.75) is 38.1 Å². The Morgan fingerprint density at radius 2 is 2.16 bits per heavy atom. The van der Waals surface area contributed by atoms with Crippen LogP contribution in [-0.4, -0.2) is 17.1 Å². The van der Waals surface area contributed by atoms with E-state index in [9.17, 15) is 4.79 Å². The first kappa shape index (κ1) is 12.9. The molecule has 0 aromatic carbocycles. The molecule has 1 amide bonds. The van der Waals surface area contributed by atoms with Gasteiger partial charge in [-0.1, -0.05) is 19.3 Å². The van der Waals surface area contributed by atoms with Crippen LogP contribution >= 0.6 is 23.1 Å². The monoisotopic (exact) mass is 292 g/mol. The first-order valence-electron chi connectivity index (χ1n) is 6.62. The van der Waals surface area contributed by atoms with Crippen molar-refractivity contribution in [2.75, 3.05) is 0 Å². The number of carbonyl (C=O) groups excluding carboxylic acids is 1. The maximum absolute atomic E-state index is 11.9. The first-order valence-corrected chi connectivity index (χ1v) is 8.38. The molecule has 3 rings (SSSR count). The summed E-state index contributed by atoms with van der Waals surface area (Å²) < 4.78 is 0. The van der Waals surface area contributed by atoms with Gasteiger partial charge in [0.2, 0.25) is 0 Å². The van der Waals surface area contributed by atoms with Crippen molar-refractivity contribution in [3.63, 3.8) is 0 Å². The smallest absolute Gasteiger partial charge is 0.264 e. The lowest BCUT2D eigenvalue weighted by Gasteiger charge is -2.17. The quantitative estimate of drug-likeness (QED) is 0.846. The normalized spacial score (nSPS) is 25.2. The fourth-order valence-corrected chi connectivity index (χ4v) is 3.88. The highest BCUT2D eigenvalue weighted by molar-refractivity contribution is 8.18. The lowest BCUT2D eigenvalue weighted by molar-refractivity contribution is -0.115. The Morgan fingerprint density at radius 3 is 2.89 bits per heavy atom. The number of nitrogens with zero attached hydrogens (tertiary/aromatic N) is 1. The highest BCUT2D eigenvalue weighted by atomic mass is 32.2. The minimum absolute atomic E-state index is 0.0224. The van der Waals surface area contributed by atoms with Gasteiger partial charge in [0.1, 0.15) is 0 Å². The molecule has 1 aromatic rings. The minimum Gasteiger partial charge on any atom is -0.301 e. The Morgan fingerprint density at radius 1 is 1.32 bits per heavy atom. The van der Waals surface area contributed by atoms with Crippen molar-refractivity contribution >= 4 is 40.2 Å². The van der Waals surface area contributed by atoms with Crippen LogP contribution in [0.25, 0.3) is 6.08 Å². The molecule has 0 radical (unpaired) electrons. The van der Waals surface area contributed by atoms with Crippen LogP contribution in [0.2, 0.25) is 0 Å². The molecule has 1 N–H and O–H groups in total. The largest absolute Gasteiger partial charge is 0.301 e. The number of carbonyl (C=O) groups is 1. The molecule has 1 saturated carbocycles. The molecule has 19 heavy (non-hydrogen) atoms. The van der Waals surface area contributed by atoms with Gasteiger partial charge < -0.3 is 5.32 Å². The Bertz CT molecular complexity index is 514. The number of thiophene rings is 1. The molecule has 0 bridgehead atoms. The standard InChI is InChI=1S/C14H16N2OS2/c17-13-12(8-10-6-7-18-9-10)19-14(16-13)15-11-4-2-1-3-5-11/h6-9,11H,1-5H2,(H,15,16,17)/b12-8-. The van der Waals surface area contributed by atoms with Gasteiger partial charge in [0, 0.05) is 0 Å². The molecule has 3 nitrogen and oxygen atoms in total. The molecule has 1 saturated heterocycles. The van der Waals surface area contributed by atoms with Crippen molar-refractivity contribution in [1.29, 1.82) is 0 Å². The molecule has 0 unspecified atom stereocenters. The summed E-state index contributed by atoms with van der Waals surface area (Å²) in [7, 11) is 0. The molecule has 5 heteroatoms. The van der Waals surface area contributed by atoms with Crippen molar-refractivity contribution in [1.82, 2.24) is 5.32 Å². The first-order chi connectivity index (χ1) is 9.31. The third kappa shape index (κ3) is 3.28. The van der Waals surface area contributed by atoms with E-state index in [2.05, 4.69) is 10.3 Å². The summed E-state index contributed by atoms with van der Waals surface area (Å²) in [6.45, 7) is 0. The zero-order valence-corrected chi connectivity index (χ0v) is 12.2.